The van der Waals surface area contributed by atoms with Crippen molar-refractivity contribution < 1.29 is 0 Å². The Morgan fingerprint density at radius 3 is 2.78 bits per heavy atom. The van der Waals surface area contributed by atoms with Crippen LogP contribution in [0.25, 0.3) is 10.9 Å². The predicted molar refractivity (Wildman–Crippen MR) is 79.8 cm³/mol. The van der Waals surface area contributed by atoms with Crippen molar-refractivity contribution in [1.82, 2.24) is 4.57 Å². The van der Waals surface area contributed by atoms with E-state index in [1.54, 1.807) is 0 Å². The summed E-state index contributed by atoms with van der Waals surface area (Å²) in [7, 11) is 0. The summed E-state index contributed by atoms with van der Waals surface area (Å²) < 4.78 is 3.52. The molecule has 1 fully saturated rings. The minimum Gasteiger partial charge on any atom is -0.347 e. The normalized spacial score (nSPS) is 22.9. The van der Waals surface area contributed by atoms with E-state index in [1.807, 2.05) is 0 Å². The monoisotopic (exact) mass is 306 g/mol. The first-order valence-corrected chi connectivity index (χ1v) is 7.39. The highest BCUT2D eigenvalue weighted by Crippen LogP contribution is 2.43. The lowest BCUT2D eigenvalue weighted by molar-refractivity contribution is 0.534. The van der Waals surface area contributed by atoms with Crippen LogP contribution in [-0.4, -0.2) is 10.6 Å². The molecule has 3 heteroatoms. The zero-order valence-corrected chi connectivity index (χ0v) is 12.4. The Hall–Kier alpha value is -0.800. The standard InChI is InChI=1S/C15H19BrN2/c1-9(2)7-18-8-13(12-6-14(12)17)11-4-3-10(16)5-15(11)18/h3-5,8-9,12,14H,6-7,17H2,1-2H3/t12-,14-/m1/s1. The Balaban J connectivity index is 2.13. The fraction of sp³-hybridized carbons (Fsp3) is 0.467. The number of rotatable bonds is 3. The summed E-state index contributed by atoms with van der Waals surface area (Å²) in [6, 6.07) is 6.93. The van der Waals surface area contributed by atoms with Gasteiger partial charge in [0.1, 0.15) is 0 Å². The molecule has 2 N–H and O–H groups in total. The van der Waals surface area contributed by atoms with E-state index >= 15 is 0 Å². The van der Waals surface area contributed by atoms with Crippen LogP contribution in [0.5, 0.6) is 0 Å². The van der Waals surface area contributed by atoms with Crippen LogP contribution in [0.3, 0.4) is 0 Å². The number of aromatic nitrogens is 1. The quantitative estimate of drug-likeness (QED) is 0.917. The molecule has 2 aromatic rings. The first-order chi connectivity index (χ1) is 8.56. The van der Waals surface area contributed by atoms with Crippen molar-refractivity contribution in [2.45, 2.75) is 38.8 Å². The van der Waals surface area contributed by atoms with E-state index in [0.717, 1.165) is 17.4 Å². The van der Waals surface area contributed by atoms with Gasteiger partial charge in [-0.15, -0.1) is 0 Å². The van der Waals surface area contributed by atoms with Gasteiger partial charge in [0.25, 0.3) is 0 Å². The molecule has 1 heterocycles. The summed E-state index contributed by atoms with van der Waals surface area (Å²) in [4.78, 5) is 0. The van der Waals surface area contributed by atoms with Crippen molar-refractivity contribution in [3.8, 4) is 0 Å². The first kappa shape index (κ1) is 12.2. The van der Waals surface area contributed by atoms with E-state index in [2.05, 4.69) is 58.7 Å². The zero-order valence-electron chi connectivity index (χ0n) is 10.9. The van der Waals surface area contributed by atoms with Crippen LogP contribution in [0.2, 0.25) is 0 Å². The van der Waals surface area contributed by atoms with Gasteiger partial charge in [0, 0.05) is 40.1 Å². The van der Waals surface area contributed by atoms with Gasteiger partial charge in [0.15, 0.2) is 0 Å². The molecule has 1 aromatic carbocycles. The molecule has 0 unspecified atom stereocenters. The molecule has 0 amide bonds. The third kappa shape index (κ3) is 2.10. The zero-order chi connectivity index (χ0) is 12.9. The molecule has 1 aliphatic carbocycles. The maximum absolute atomic E-state index is 6.01. The number of nitrogens with zero attached hydrogens (tertiary/aromatic N) is 1. The molecule has 0 saturated heterocycles. The average Bonchev–Trinajstić information content (AvgIpc) is 2.91. The second-order valence-corrected chi connectivity index (χ2v) is 6.71. The van der Waals surface area contributed by atoms with Gasteiger partial charge in [-0.1, -0.05) is 35.8 Å². The molecular formula is C15H19BrN2. The van der Waals surface area contributed by atoms with Gasteiger partial charge in [-0.3, -0.25) is 0 Å². The summed E-state index contributed by atoms with van der Waals surface area (Å²) in [5, 5.41) is 1.37. The smallest absolute Gasteiger partial charge is 0.0494 e. The number of benzene rings is 1. The topological polar surface area (TPSA) is 30.9 Å². The third-order valence-electron chi connectivity index (χ3n) is 3.68. The van der Waals surface area contributed by atoms with Crippen LogP contribution in [0, 0.1) is 5.92 Å². The Labute approximate surface area is 116 Å². The van der Waals surface area contributed by atoms with Crippen LogP contribution in [0.15, 0.2) is 28.9 Å². The summed E-state index contributed by atoms with van der Waals surface area (Å²) in [6.07, 6.45) is 3.45. The molecule has 1 saturated carbocycles. The average molecular weight is 307 g/mol. The van der Waals surface area contributed by atoms with Gasteiger partial charge >= 0.3 is 0 Å². The van der Waals surface area contributed by atoms with Crippen LogP contribution in [-0.2, 0) is 6.54 Å². The van der Waals surface area contributed by atoms with E-state index in [-0.39, 0.29) is 0 Å². The molecular weight excluding hydrogens is 288 g/mol. The van der Waals surface area contributed by atoms with E-state index in [0.29, 0.717) is 17.9 Å². The van der Waals surface area contributed by atoms with Gasteiger partial charge in [0.05, 0.1) is 0 Å². The van der Waals surface area contributed by atoms with E-state index in [4.69, 9.17) is 5.73 Å². The fourth-order valence-electron chi connectivity index (χ4n) is 2.71. The Morgan fingerprint density at radius 1 is 1.44 bits per heavy atom. The van der Waals surface area contributed by atoms with Crippen molar-refractivity contribution in [3.63, 3.8) is 0 Å². The Bertz CT molecular complexity index is 585. The lowest BCUT2D eigenvalue weighted by Gasteiger charge is -2.08. The van der Waals surface area contributed by atoms with Crippen molar-refractivity contribution in [1.29, 1.82) is 0 Å². The van der Waals surface area contributed by atoms with Crippen molar-refractivity contribution in [2.75, 3.05) is 0 Å². The summed E-state index contributed by atoms with van der Waals surface area (Å²) >= 11 is 3.57. The van der Waals surface area contributed by atoms with Crippen molar-refractivity contribution >= 4 is 26.8 Å². The van der Waals surface area contributed by atoms with Gasteiger partial charge in [-0.2, -0.15) is 0 Å². The van der Waals surface area contributed by atoms with Crippen LogP contribution in [0.1, 0.15) is 31.7 Å². The molecule has 1 aromatic heterocycles. The van der Waals surface area contributed by atoms with Crippen molar-refractivity contribution in [2.24, 2.45) is 11.7 Å². The highest BCUT2D eigenvalue weighted by molar-refractivity contribution is 9.10. The SMILES string of the molecule is CC(C)Cn1cc([C@H]2C[C@H]2N)c2ccc(Br)cc21. The largest absolute Gasteiger partial charge is 0.347 e. The minimum atomic E-state index is 0.367. The maximum Gasteiger partial charge on any atom is 0.0494 e. The lowest BCUT2D eigenvalue weighted by atomic mass is 10.1. The van der Waals surface area contributed by atoms with Gasteiger partial charge in [-0.25, -0.2) is 0 Å². The van der Waals surface area contributed by atoms with E-state index in [9.17, 15) is 0 Å². The number of halogens is 1. The van der Waals surface area contributed by atoms with Crippen LogP contribution in [0.4, 0.5) is 0 Å². The number of hydrogen-bond donors (Lipinski definition) is 1. The molecule has 2 atom stereocenters. The van der Waals surface area contributed by atoms with E-state index in [1.165, 1.54) is 16.5 Å². The molecule has 3 rings (SSSR count). The third-order valence-corrected chi connectivity index (χ3v) is 4.17. The second-order valence-electron chi connectivity index (χ2n) is 5.80. The highest BCUT2D eigenvalue weighted by atomic mass is 79.9. The summed E-state index contributed by atoms with van der Waals surface area (Å²) in [5.41, 5.74) is 8.77. The number of hydrogen-bond acceptors (Lipinski definition) is 1. The predicted octanol–water partition coefficient (Wildman–Crippen LogP) is 3.87. The summed E-state index contributed by atoms with van der Waals surface area (Å²) in [5.74, 6) is 1.22. The first-order valence-electron chi connectivity index (χ1n) is 6.60. The Morgan fingerprint density at radius 2 is 2.17 bits per heavy atom. The van der Waals surface area contributed by atoms with E-state index < -0.39 is 0 Å². The maximum atomic E-state index is 6.01. The molecule has 96 valence electrons. The van der Waals surface area contributed by atoms with Crippen LogP contribution >= 0.6 is 15.9 Å². The minimum absolute atomic E-state index is 0.367. The fourth-order valence-corrected chi connectivity index (χ4v) is 3.05. The molecule has 2 nitrogen and oxygen atoms in total. The van der Waals surface area contributed by atoms with Gasteiger partial charge in [-0.05, 0) is 30.0 Å². The molecule has 18 heavy (non-hydrogen) atoms. The molecule has 0 aliphatic heterocycles. The van der Waals surface area contributed by atoms with Gasteiger partial charge < -0.3 is 10.3 Å². The number of fused-ring (bicyclic) bond motifs is 1. The van der Waals surface area contributed by atoms with Gasteiger partial charge in [0.2, 0.25) is 0 Å². The molecule has 0 spiro atoms. The lowest BCUT2D eigenvalue weighted by Crippen LogP contribution is -2.03. The van der Waals surface area contributed by atoms with Crippen LogP contribution < -0.4 is 5.73 Å². The Kier molecular flexibility index (Phi) is 2.99. The van der Waals surface area contributed by atoms with Crippen molar-refractivity contribution in [3.05, 3.63) is 34.4 Å². The number of nitrogens with two attached hydrogens (primary N) is 1. The molecule has 0 radical (unpaired) electrons. The summed E-state index contributed by atoms with van der Waals surface area (Å²) in [6.45, 7) is 5.58. The second kappa shape index (κ2) is 4.39. The highest BCUT2D eigenvalue weighted by Gasteiger charge is 2.36. The molecule has 0 bridgehead atoms. The molecule has 1 aliphatic rings.